The minimum atomic E-state index is -5.23. The zero-order valence-corrected chi connectivity index (χ0v) is 18.8. The first-order valence-corrected chi connectivity index (χ1v) is 8.85. The van der Waals surface area contributed by atoms with Gasteiger partial charge in [0.15, 0.2) is 0 Å². The standard InChI is InChI=1S/C11H6F2N.C10H4F6N3.Ir/c12-8-4-5-9(10(13)7-8)11-3-1-2-6-14-11;11-9(12,13)6-7(5-3-1-2-4-17-5)18-19-8(6)10(14,15)16;/h1-4,6-7H;1-4H;/q2*-1;. The summed E-state index contributed by atoms with van der Waals surface area (Å²) in [6, 6.07) is 13.4. The molecule has 0 saturated carbocycles. The molecule has 3 aromatic heterocycles. The molecule has 0 amide bonds. The summed E-state index contributed by atoms with van der Waals surface area (Å²) in [7, 11) is 0. The van der Waals surface area contributed by atoms with Gasteiger partial charge in [-0.1, -0.05) is 35.5 Å². The molecule has 0 atom stereocenters. The number of hydrogen-bond donors (Lipinski definition) is 0. The Kier molecular flexibility index (Phi) is 8.62. The maximum absolute atomic E-state index is 13.2. The fraction of sp³-hybridized carbons (Fsp3) is 0.0952. The van der Waals surface area contributed by atoms with Gasteiger partial charge in [-0.3, -0.25) is 13.8 Å². The topological polar surface area (TPSA) is 52.8 Å². The van der Waals surface area contributed by atoms with Gasteiger partial charge in [0.1, 0.15) is 5.69 Å². The molecule has 3 heterocycles. The third-order valence-electron chi connectivity index (χ3n) is 3.96. The van der Waals surface area contributed by atoms with Crippen LogP contribution in [0.15, 0.2) is 60.9 Å². The van der Waals surface area contributed by atoms with Crippen molar-refractivity contribution in [3.8, 4) is 22.6 Å². The van der Waals surface area contributed by atoms with Gasteiger partial charge in [0.05, 0.1) is 5.56 Å². The van der Waals surface area contributed by atoms with Gasteiger partial charge in [0.2, 0.25) is 0 Å². The molecule has 4 aromatic rings. The Labute approximate surface area is 200 Å². The van der Waals surface area contributed by atoms with E-state index in [0.717, 1.165) is 24.4 Å². The minimum absolute atomic E-state index is 0. The van der Waals surface area contributed by atoms with Crippen molar-refractivity contribution >= 4 is 0 Å². The summed E-state index contributed by atoms with van der Waals surface area (Å²) in [5.41, 5.74) is -4.59. The third-order valence-corrected chi connectivity index (χ3v) is 3.96. The molecule has 0 aliphatic rings. The van der Waals surface area contributed by atoms with Crippen LogP contribution in [0.1, 0.15) is 11.3 Å². The Hall–Kier alpha value is -3.18. The monoisotopic (exact) mass is 663 g/mol. The average Bonchev–Trinajstić information content (AvgIpc) is 3.22. The average molecular weight is 663 g/mol. The van der Waals surface area contributed by atoms with E-state index >= 15 is 0 Å². The summed E-state index contributed by atoms with van der Waals surface area (Å²) in [5.74, 6) is -1.29. The molecule has 0 aliphatic carbocycles. The van der Waals surface area contributed by atoms with Gasteiger partial charge in [0, 0.05) is 49.8 Å². The molecule has 4 nitrogen and oxygen atoms in total. The van der Waals surface area contributed by atoms with E-state index in [0.29, 0.717) is 5.69 Å². The molecule has 13 heteroatoms. The van der Waals surface area contributed by atoms with Crippen molar-refractivity contribution in [2.45, 2.75) is 12.4 Å². The van der Waals surface area contributed by atoms with E-state index in [1.165, 1.54) is 12.1 Å². The summed E-state index contributed by atoms with van der Waals surface area (Å²) >= 11 is 0. The summed E-state index contributed by atoms with van der Waals surface area (Å²) < 4.78 is 102. The molecular formula is C21H10F8IrN4-2. The van der Waals surface area contributed by atoms with Crippen LogP contribution in [-0.2, 0) is 32.5 Å². The first-order valence-electron chi connectivity index (χ1n) is 8.85. The second-order valence-corrected chi connectivity index (χ2v) is 6.24. The number of rotatable bonds is 2. The molecule has 1 aromatic carbocycles. The molecule has 0 saturated heterocycles. The molecule has 1 radical (unpaired) electrons. The van der Waals surface area contributed by atoms with Crippen molar-refractivity contribution in [1.82, 2.24) is 20.2 Å². The Morgan fingerprint density at radius 1 is 0.794 bits per heavy atom. The number of hydrogen-bond acceptors (Lipinski definition) is 3. The van der Waals surface area contributed by atoms with Crippen LogP contribution in [0, 0.1) is 17.7 Å². The summed E-state index contributed by atoms with van der Waals surface area (Å²) in [5, 5.41) is 5.56. The van der Waals surface area contributed by atoms with E-state index < -0.39 is 40.9 Å². The van der Waals surface area contributed by atoms with Crippen LogP contribution in [0.25, 0.3) is 22.6 Å². The van der Waals surface area contributed by atoms with Crippen molar-refractivity contribution in [3.05, 3.63) is 89.9 Å². The normalized spacial score (nSPS) is 11.3. The Morgan fingerprint density at radius 2 is 1.38 bits per heavy atom. The predicted molar refractivity (Wildman–Crippen MR) is 99.2 cm³/mol. The van der Waals surface area contributed by atoms with E-state index in [9.17, 15) is 35.1 Å². The Balaban J connectivity index is 0.000000243. The van der Waals surface area contributed by atoms with Crippen molar-refractivity contribution in [1.29, 1.82) is 0 Å². The SMILES string of the molecule is FC(F)(F)c1n[n-]c(-c2ccccn2)c1C(F)(F)F.Fc1c[c-]c(-c2ccccn2)c(F)c1.[Ir]. The number of benzene rings is 1. The van der Waals surface area contributed by atoms with Crippen LogP contribution in [0.2, 0.25) is 0 Å². The largest absolute Gasteiger partial charge is 0.573 e. The minimum Gasteiger partial charge on any atom is -0.573 e. The summed E-state index contributed by atoms with van der Waals surface area (Å²) in [4.78, 5) is 7.49. The number of nitrogens with zero attached hydrogens (tertiary/aromatic N) is 4. The maximum Gasteiger partial charge on any atom is 0.432 e. The molecule has 4 rings (SSSR count). The van der Waals surface area contributed by atoms with Crippen molar-refractivity contribution in [3.63, 3.8) is 0 Å². The molecule has 0 N–H and O–H groups in total. The van der Waals surface area contributed by atoms with Gasteiger partial charge >= 0.3 is 12.4 Å². The van der Waals surface area contributed by atoms with Gasteiger partial charge in [-0.15, -0.1) is 12.1 Å². The first-order chi connectivity index (χ1) is 15.5. The van der Waals surface area contributed by atoms with Gasteiger partial charge in [0.25, 0.3) is 0 Å². The number of pyridine rings is 2. The van der Waals surface area contributed by atoms with Crippen LogP contribution in [-0.4, -0.2) is 15.1 Å². The maximum atomic E-state index is 13.2. The number of alkyl halides is 6. The van der Waals surface area contributed by atoms with Gasteiger partial charge < -0.3 is 15.2 Å². The van der Waals surface area contributed by atoms with E-state index in [-0.39, 0.29) is 31.4 Å². The molecule has 181 valence electrons. The predicted octanol–water partition coefficient (Wildman–Crippen LogP) is 5.96. The number of aromatic nitrogens is 4. The van der Waals surface area contributed by atoms with Crippen LogP contribution >= 0.6 is 0 Å². The van der Waals surface area contributed by atoms with Crippen LogP contribution in [0.4, 0.5) is 35.1 Å². The van der Waals surface area contributed by atoms with Crippen LogP contribution < -0.4 is 5.10 Å². The zero-order valence-electron chi connectivity index (χ0n) is 16.4. The van der Waals surface area contributed by atoms with E-state index in [2.05, 4.69) is 26.2 Å². The molecule has 34 heavy (non-hydrogen) atoms. The van der Waals surface area contributed by atoms with Crippen LogP contribution in [0.3, 0.4) is 0 Å². The molecule has 0 spiro atoms. The van der Waals surface area contributed by atoms with Crippen LogP contribution in [0.5, 0.6) is 0 Å². The first kappa shape index (κ1) is 27.1. The van der Waals surface area contributed by atoms with Crippen molar-refractivity contribution < 1.29 is 55.2 Å². The van der Waals surface area contributed by atoms with Gasteiger partial charge in [-0.2, -0.15) is 26.3 Å². The fourth-order valence-corrected chi connectivity index (χ4v) is 2.61. The summed E-state index contributed by atoms with van der Waals surface area (Å²) in [6.07, 6.45) is -7.75. The quantitative estimate of drug-likeness (QED) is 0.197. The van der Waals surface area contributed by atoms with E-state index in [1.54, 1.807) is 24.4 Å². The zero-order chi connectivity index (χ0) is 24.2. The fourth-order valence-electron chi connectivity index (χ4n) is 2.61. The van der Waals surface area contributed by atoms with Crippen molar-refractivity contribution in [2.24, 2.45) is 0 Å². The van der Waals surface area contributed by atoms with Crippen molar-refractivity contribution in [2.75, 3.05) is 0 Å². The molecule has 0 fully saturated rings. The number of halogens is 8. The van der Waals surface area contributed by atoms with Gasteiger partial charge in [-0.05, 0) is 23.9 Å². The Bertz CT molecular complexity index is 1210. The Morgan fingerprint density at radius 3 is 1.85 bits per heavy atom. The molecule has 0 unspecified atom stereocenters. The smallest absolute Gasteiger partial charge is 0.432 e. The molecule has 0 aliphatic heterocycles. The molecule has 0 bridgehead atoms. The third kappa shape index (κ3) is 6.45. The second kappa shape index (κ2) is 10.8. The summed E-state index contributed by atoms with van der Waals surface area (Å²) in [6.45, 7) is 0. The van der Waals surface area contributed by atoms with Gasteiger partial charge in [-0.25, -0.2) is 0 Å². The van der Waals surface area contributed by atoms with E-state index in [4.69, 9.17) is 0 Å². The molecular weight excluding hydrogens is 652 g/mol. The van der Waals surface area contributed by atoms with E-state index in [1.807, 2.05) is 0 Å². The second-order valence-electron chi connectivity index (χ2n) is 6.24.